The fourth-order valence-electron chi connectivity index (χ4n) is 0.927. The lowest BCUT2D eigenvalue weighted by atomic mass is 10.2. The van der Waals surface area contributed by atoms with Crippen molar-refractivity contribution >= 4 is 22.6 Å². The van der Waals surface area contributed by atoms with E-state index in [2.05, 4.69) is 4.98 Å². The van der Waals surface area contributed by atoms with E-state index in [-0.39, 0.29) is 21.4 Å². The minimum Gasteiger partial charge on any atom is -0.325 e. The lowest BCUT2D eigenvalue weighted by molar-refractivity contribution is 0.148. The molecule has 2 N–H and O–H groups in total. The zero-order chi connectivity index (χ0) is 10.0. The van der Waals surface area contributed by atoms with Crippen LogP contribution in [0.5, 0.6) is 0 Å². The highest BCUT2D eigenvalue weighted by molar-refractivity contribution is 14.1. The molecule has 1 rings (SSSR count). The third kappa shape index (κ3) is 2.31. The zero-order valence-corrected chi connectivity index (χ0v) is 8.56. The van der Waals surface area contributed by atoms with E-state index in [9.17, 15) is 13.2 Å². The summed E-state index contributed by atoms with van der Waals surface area (Å²) in [6.45, 7) is -0.187. The molecule has 0 aliphatic rings. The van der Waals surface area contributed by atoms with Gasteiger partial charge < -0.3 is 5.73 Å². The van der Waals surface area contributed by atoms with Gasteiger partial charge in [-0.15, -0.1) is 0 Å². The Morgan fingerprint density at radius 3 is 2.62 bits per heavy atom. The van der Waals surface area contributed by atoms with Gasteiger partial charge in [0.05, 0.1) is 11.3 Å². The maximum Gasteiger partial charge on any atom is 0.266 e. The largest absolute Gasteiger partial charge is 0.325 e. The van der Waals surface area contributed by atoms with Gasteiger partial charge in [-0.25, -0.2) is 13.8 Å². The molecule has 2 nitrogen and oxygen atoms in total. The van der Waals surface area contributed by atoms with Crippen LogP contribution in [0.3, 0.4) is 0 Å². The number of halogens is 4. The Kier molecular flexibility index (Phi) is 3.48. The second-order valence-corrected chi connectivity index (χ2v) is 3.45. The Bertz CT molecular complexity index is 317. The van der Waals surface area contributed by atoms with E-state index in [0.717, 1.165) is 6.07 Å². The number of alkyl halides is 2. The molecule has 6 heteroatoms. The monoisotopic (exact) mass is 302 g/mol. The maximum absolute atomic E-state index is 12.6. The van der Waals surface area contributed by atoms with Crippen molar-refractivity contribution in [3.8, 4) is 0 Å². The van der Waals surface area contributed by atoms with Crippen molar-refractivity contribution in [2.75, 3.05) is 0 Å². The lowest BCUT2D eigenvalue weighted by Crippen LogP contribution is -2.08. The topological polar surface area (TPSA) is 38.9 Å². The van der Waals surface area contributed by atoms with Gasteiger partial charge in [0.15, 0.2) is 0 Å². The van der Waals surface area contributed by atoms with Gasteiger partial charge in [0.25, 0.3) is 6.43 Å². The minimum atomic E-state index is -2.67. The second kappa shape index (κ2) is 4.23. The smallest absolute Gasteiger partial charge is 0.266 e. The van der Waals surface area contributed by atoms with Gasteiger partial charge in [-0.2, -0.15) is 4.39 Å². The number of hydrogen-bond donors (Lipinski definition) is 1. The molecule has 0 bridgehead atoms. The van der Waals surface area contributed by atoms with Crippen LogP contribution in [0.15, 0.2) is 6.07 Å². The Labute approximate surface area is 86.5 Å². The van der Waals surface area contributed by atoms with Crippen molar-refractivity contribution in [1.29, 1.82) is 0 Å². The third-order valence-electron chi connectivity index (χ3n) is 1.47. The number of nitrogens with two attached hydrogens (primary N) is 1. The van der Waals surface area contributed by atoms with Gasteiger partial charge in [0.2, 0.25) is 5.95 Å². The van der Waals surface area contributed by atoms with Crippen LogP contribution in [-0.4, -0.2) is 4.98 Å². The van der Waals surface area contributed by atoms with Crippen molar-refractivity contribution in [3.63, 3.8) is 0 Å². The molecule has 0 spiro atoms. The van der Waals surface area contributed by atoms with E-state index in [1.807, 2.05) is 0 Å². The molecule has 0 aliphatic carbocycles. The number of pyridine rings is 1. The molecular weight excluding hydrogens is 296 g/mol. The van der Waals surface area contributed by atoms with Crippen molar-refractivity contribution in [2.45, 2.75) is 13.0 Å². The van der Waals surface area contributed by atoms with Gasteiger partial charge in [0.1, 0.15) is 0 Å². The third-order valence-corrected chi connectivity index (χ3v) is 2.36. The molecule has 1 aromatic heterocycles. The fraction of sp³-hybridized carbons (Fsp3) is 0.286. The summed E-state index contributed by atoms with van der Waals surface area (Å²) in [5.41, 5.74) is 4.80. The average molecular weight is 302 g/mol. The number of aromatic nitrogens is 1. The molecule has 0 saturated heterocycles. The van der Waals surface area contributed by atoms with Crippen molar-refractivity contribution < 1.29 is 13.2 Å². The van der Waals surface area contributed by atoms with E-state index < -0.39 is 12.4 Å². The minimum absolute atomic E-state index is 0.0839. The molecule has 0 radical (unpaired) electrons. The van der Waals surface area contributed by atoms with E-state index in [1.165, 1.54) is 0 Å². The summed E-state index contributed by atoms with van der Waals surface area (Å²) in [4.78, 5) is 3.30. The van der Waals surface area contributed by atoms with Crippen molar-refractivity contribution in [1.82, 2.24) is 4.98 Å². The number of rotatable bonds is 2. The summed E-state index contributed by atoms with van der Waals surface area (Å²) in [6.07, 6.45) is -2.67. The number of hydrogen-bond acceptors (Lipinski definition) is 2. The SMILES string of the molecule is NCc1nc(F)cc(I)c1C(F)F. The molecule has 0 amide bonds. The van der Waals surface area contributed by atoms with Gasteiger partial charge in [-0.1, -0.05) is 0 Å². The van der Waals surface area contributed by atoms with E-state index in [0.29, 0.717) is 0 Å². The quantitative estimate of drug-likeness (QED) is 0.672. The summed E-state index contributed by atoms with van der Waals surface area (Å²) in [5.74, 6) is -0.783. The first-order chi connectivity index (χ1) is 6.06. The Morgan fingerprint density at radius 1 is 1.54 bits per heavy atom. The molecule has 13 heavy (non-hydrogen) atoms. The van der Waals surface area contributed by atoms with E-state index in [1.54, 1.807) is 22.6 Å². The van der Waals surface area contributed by atoms with Gasteiger partial charge in [-0.3, -0.25) is 0 Å². The normalized spacial score (nSPS) is 10.9. The fourth-order valence-corrected chi connectivity index (χ4v) is 1.73. The molecule has 0 unspecified atom stereocenters. The lowest BCUT2D eigenvalue weighted by Gasteiger charge is -2.07. The zero-order valence-electron chi connectivity index (χ0n) is 6.40. The van der Waals surface area contributed by atoms with Crippen LogP contribution < -0.4 is 5.73 Å². The van der Waals surface area contributed by atoms with Crippen LogP contribution in [0.4, 0.5) is 13.2 Å². The van der Waals surface area contributed by atoms with Crippen LogP contribution in [0.1, 0.15) is 17.7 Å². The van der Waals surface area contributed by atoms with Crippen LogP contribution in [-0.2, 0) is 6.54 Å². The molecule has 0 fully saturated rings. The van der Waals surface area contributed by atoms with Crippen molar-refractivity contribution in [3.05, 3.63) is 26.8 Å². The second-order valence-electron chi connectivity index (χ2n) is 2.29. The van der Waals surface area contributed by atoms with E-state index >= 15 is 0 Å². The van der Waals surface area contributed by atoms with Gasteiger partial charge >= 0.3 is 0 Å². The molecular formula is C7H6F3IN2. The molecule has 0 aromatic carbocycles. The number of nitrogens with zero attached hydrogens (tertiary/aromatic N) is 1. The summed E-state index contributed by atoms with van der Waals surface area (Å²) >= 11 is 1.63. The summed E-state index contributed by atoms with van der Waals surface area (Å²) in [7, 11) is 0. The predicted octanol–water partition coefficient (Wildman–Crippen LogP) is 2.22. The standard InChI is InChI=1S/C7H6F3IN2/c8-5-1-3(11)6(7(9)10)4(2-12)13-5/h1,7H,2,12H2. The first kappa shape index (κ1) is 10.7. The van der Waals surface area contributed by atoms with E-state index in [4.69, 9.17) is 5.73 Å². The van der Waals surface area contributed by atoms with Gasteiger partial charge in [-0.05, 0) is 22.6 Å². The highest BCUT2D eigenvalue weighted by Crippen LogP contribution is 2.27. The highest BCUT2D eigenvalue weighted by Gasteiger charge is 2.18. The molecule has 1 heterocycles. The Hall–Kier alpha value is -0.370. The molecule has 0 saturated carbocycles. The predicted molar refractivity (Wildman–Crippen MR) is 49.8 cm³/mol. The summed E-state index contributed by atoms with van der Waals surface area (Å²) in [6, 6.07) is 0.960. The highest BCUT2D eigenvalue weighted by atomic mass is 127. The molecule has 0 atom stereocenters. The van der Waals surface area contributed by atoms with Crippen LogP contribution >= 0.6 is 22.6 Å². The van der Waals surface area contributed by atoms with Gasteiger partial charge in [0, 0.05) is 16.2 Å². The maximum atomic E-state index is 12.6. The molecule has 1 aromatic rings. The Balaban J connectivity index is 3.30. The van der Waals surface area contributed by atoms with Crippen LogP contribution in [0, 0.1) is 9.52 Å². The summed E-state index contributed by atoms with van der Waals surface area (Å²) in [5, 5.41) is 0. The molecule has 72 valence electrons. The van der Waals surface area contributed by atoms with Crippen LogP contribution in [0.2, 0.25) is 0 Å². The summed E-state index contributed by atoms with van der Waals surface area (Å²) < 4.78 is 37.6. The first-order valence-corrected chi connectivity index (χ1v) is 4.47. The average Bonchev–Trinajstić information content (AvgIpc) is 2.01. The molecule has 0 aliphatic heterocycles. The van der Waals surface area contributed by atoms with Crippen LogP contribution in [0.25, 0.3) is 0 Å². The Morgan fingerprint density at radius 2 is 2.15 bits per heavy atom. The first-order valence-electron chi connectivity index (χ1n) is 3.39. The van der Waals surface area contributed by atoms with Crippen molar-refractivity contribution in [2.24, 2.45) is 5.73 Å².